The van der Waals surface area contributed by atoms with Crippen molar-refractivity contribution in [1.82, 2.24) is 10.2 Å². The maximum atomic E-state index is 12.3. The highest BCUT2D eigenvalue weighted by Gasteiger charge is 2.25. The number of fused-ring (bicyclic) bond motifs is 2. The van der Waals surface area contributed by atoms with Gasteiger partial charge in [-0.1, -0.05) is 18.2 Å². The highest BCUT2D eigenvalue weighted by Crippen LogP contribution is 2.37. The van der Waals surface area contributed by atoms with Crippen molar-refractivity contribution in [2.24, 2.45) is 5.73 Å². The lowest BCUT2D eigenvalue weighted by Crippen LogP contribution is -2.23. The third-order valence-corrected chi connectivity index (χ3v) is 5.88. The molecule has 1 aromatic carbocycles. The zero-order valence-corrected chi connectivity index (χ0v) is 15.7. The smallest absolute Gasteiger partial charge is 0.359 e. The first-order valence-electron chi connectivity index (χ1n) is 8.89. The quantitative estimate of drug-likeness (QED) is 0.569. The van der Waals surface area contributed by atoms with Gasteiger partial charge in [0.25, 0.3) is 11.8 Å². The van der Waals surface area contributed by atoms with Crippen LogP contribution in [0.5, 0.6) is 0 Å². The van der Waals surface area contributed by atoms with Gasteiger partial charge in [0, 0.05) is 10.3 Å². The van der Waals surface area contributed by atoms with Gasteiger partial charge in [-0.15, -0.1) is 11.3 Å². The van der Waals surface area contributed by atoms with Crippen molar-refractivity contribution in [3.05, 3.63) is 46.0 Å². The molecule has 0 saturated carbocycles. The highest BCUT2D eigenvalue weighted by atomic mass is 32.1. The lowest BCUT2D eigenvalue weighted by Gasteiger charge is -2.11. The summed E-state index contributed by atoms with van der Waals surface area (Å²) < 4.78 is 5.09. The molecule has 3 aromatic rings. The number of para-hydroxylation sites is 1. The molecule has 28 heavy (non-hydrogen) atoms. The minimum Gasteiger partial charge on any atom is -0.451 e. The van der Waals surface area contributed by atoms with Gasteiger partial charge in [-0.25, -0.2) is 4.79 Å². The van der Waals surface area contributed by atoms with Crippen LogP contribution in [0.25, 0.3) is 10.9 Å². The molecule has 2 heterocycles. The monoisotopic (exact) mass is 398 g/mol. The number of benzene rings is 1. The molecule has 4 rings (SSSR count). The average Bonchev–Trinajstić information content (AvgIpc) is 3.27. The number of thiophene rings is 1. The van der Waals surface area contributed by atoms with Crippen LogP contribution in [0.4, 0.5) is 5.00 Å². The lowest BCUT2D eigenvalue weighted by molar-refractivity contribution is -0.119. The Morgan fingerprint density at radius 2 is 2.00 bits per heavy atom. The molecule has 2 amide bonds. The Bertz CT molecular complexity index is 1080. The summed E-state index contributed by atoms with van der Waals surface area (Å²) in [7, 11) is 0. The molecule has 0 bridgehead atoms. The van der Waals surface area contributed by atoms with E-state index in [9.17, 15) is 14.4 Å². The number of carbonyl (C=O) groups is 3. The Labute approximate surface area is 164 Å². The largest absolute Gasteiger partial charge is 0.451 e. The number of aromatic amines is 1. The molecule has 8 nitrogen and oxygen atoms in total. The number of aromatic nitrogens is 2. The maximum Gasteiger partial charge on any atom is 0.359 e. The van der Waals surface area contributed by atoms with Gasteiger partial charge < -0.3 is 15.8 Å². The van der Waals surface area contributed by atoms with Gasteiger partial charge in [-0.3, -0.25) is 14.7 Å². The summed E-state index contributed by atoms with van der Waals surface area (Å²) in [5.74, 6) is -1.79. The number of ether oxygens (including phenoxy) is 1. The summed E-state index contributed by atoms with van der Waals surface area (Å²) in [6.45, 7) is -0.485. The van der Waals surface area contributed by atoms with Crippen LogP contribution in [-0.4, -0.2) is 34.6 Å². The second-order valence-electron chi connectivity index (χ2n) is 6.52. The normalized spacial score (nSPS) is 13.1. The number of H-pyrrole nitrogens is 1. The molecule has 0 saturated heterocycles. The van der Waals surface area contributed by atoms with Crippen LogP contribution in [0, 0.1) is 0 Å². The van der Waals surface area contributed by atoms with E-state index in [1.54, 1.807) is 18.2 Å². The molecule has 0 radical (unpaired) electrons. The van der Waals surface area contributed by atoms with Crippen LogP contribution in [-0.2, 0) is 22.4 Å². The standard InChI is InChI=1S/C19H18N4O4S/c20-17(25)15-11-6-2-4-8-13(11)28-18(15)21-14(24)9-27-19(26)16-10-5-1-3-7-12(10)22-23-16/h1,3,5,7H,2,4,6,8-9H2,(H2,20,25)(H,21,24)(H,22,23). The fourth-order valence-corrected chi connectivity index (χ4v) is 4.71. The number of esters is 1. The molecule has 4 N–H and O–H groups in total. The summed E-state index contributed by atoms with van der Waals surface area (Å²) in [6.07, 6.45) is 3.69. The predicted octanol–water partition coefficient (Wildman–Crippen LogP) is 2.40. The summed E-state index contributed by atoms with van der Waals surface area (Å²) in [4.78, 5) is 37.5. The van der Waals surface area contributed by atoms with E-state index in [0.717, 1.165) is 36.1 Å². The minimum absolute atomic E-state index is 0.118. The second-order valence-corrected chi connectivity index (χ2v) is 7.63. The summed E-state index contributed by atoms with van der Waals surface area (Å²) in [5.41, 5.74) is 7.64. The molecule has 0 atom stereocenters. The van der Waals surface area contributed by atoms with Crippen molar-refractivity contribution >= 4 is 45.0 Å². The number of anilines is 1. The first-order chi connectivity index (χ1) is 13.5. The van der Waals surface area contributed by atoms with E-state index in [1.165, 1.54) is 11.3 Å². The van der Waals surface area contributed by atoms with Crippen LogP contribution in [0.3, 0.4) is 0 Å². The molecule has 2 aromatic heterocycles. The van der Waals surface area contributed by atoms with Crippen LogP contribution < -0.4 is 11.1 Å². The van der Waals surface area contributed by atoms with E-state index in [0.29, 0.717) is 21.5 Å². The number of nitrogens with two attached hydrogens (primary N) is 1. The molecule has 144 valence electrons. The number of amides is 2. The Hall–Kier alpha value is -3.20. The van der Waals surface area contributed by atoms with Gasteiger partial charge in [0.1, 0.15) is 5.00 Å². The third kappa shape index (κ3) is 3.36. The number of hydrogen-bond donors (Lipinski definition) is 3. The average molecular weight is 398 g/mol. The van der Waals surface area contributed by atoms with Crippen LogP contribution in [0.1, 0.15) is 44.1 Å². The number of rotatable bonds is 5. The first kappa shape index (κ1) is 18.2. The van der Waals surface area contributed by atoms with Crippen molar-refractivity contribution in [1.29, 1.82) is 0 Å². The van der Waals surface area contributed by atoms with Crippen LogP contribution in [0.15, 0.2) is 24.3 Å². The van der Waals surface area contributed by atoms with Crippen LogP contribution in [0.2, 0.25) is 0 Å². The zero-order chi connectivity index (χ0) is 19.7. The molecular formula is C19H18N4O4S. The van der Waals surface area contributed by atoms with E-state index < -0.39 is 24.4 Å². The Balaban J connectivity index is 1.44. The Morgan fingerprint density at radius 1 is 1.21 bits per heavy atom. The molecule has 1 aliphatic carbocycles. The van der Waals surface area contributed by atoms with Crippen molar-refractivity contribution in [2.45, 2.75) is 25.7 Å². The van der Waals surface area contributed by atoms with E-state index >= 15 is 0 Å². The van der Waals surface area contributed by atoms with Gasteiger partial charge in [-0.2, -0.15) is 5.10 Å². The SMILES string of the molecule is NC(=O)c1c(NC(=O)COC(=O)c2n[nH]c3ccccc23)sc2c1CCCC2. The summed E-state index contributed by atoms with van der Waals surface area (Å²) >= 11 is 1.36. The maximum absolute atomic E-state index is 12.3. The molecule has 0 unspecified atom stereocenters. The molecule has 0 spiro atoms. The van der Waals surface area contributed by atoms with Crippen molar-refractivity contribution in [3.8, 4) is 0 Å². The Morgan fingerprint density at radius 3 is 2.82 bits per heavy atom. The lowest BCUT2D eigenvalue weighted by atomic mass is 9.95. The van der Waals surface area contributed by atoms with E-state index in [-0.39, 0.29) is 5.69 Å². The number of carbonyl (C=O) groups excluding carboxylic acids is 3. The van der Waals surface area contributed by atoms with Gasteiger partial charge >= 0.3 is 5.97 Å². The van der Waals surface area contributed by atoms with Crippen LogP contribution >= 0.6 is 11.3 Å². The number of nitrogens with one attached hydrogen (secondary N) is 2. The van der Waals surface area contributed by atoms with E-state index in [4.69, 9.17) is 10.5 Å². The van der Waals surface area contributed by atoms with Gasteiger partial charge in [0.05, 0.1) is 11.1 Å². The van der Waals surface area contributed by atoms with Crippen molar-refractivity contribution in [3.63, 3.8) is 0 Å². The summed E-state index contributed by atoms with van der Waals surface area (Å²) in [5, 5.41) is 10.4. The predicted molar refractivity (Wildman–Crippen MR) is 104 cm³/mol. The van der Waals surface area contributed by atoms with E-state index in [2.05, 4.69) is 15.5 Å². The topological polar surface area (TPSA) is 127 Å². The fraction of sp³-hybridized carbons (Fsp3) is 0.263. The number of nitrogens with zero attached hydrogens (tertiary/aromatic N) is 1. The molecule has 9 heteroatoms. The molecule has 0 fully saturated rings. The molecular weight excluding hydrogens is 380 g/mol. The van der Waals surface area contributed by atoms with Crippen molar-refractivity contribution < 1.29 is 19.1 Å². The molecule has 1 aliphatic rings. The van der Waals surface area contributed by atoms with Gasteiger partial charge in [0.2, 0.25) is 0 Å². The van der Waals surface area contributed by atoms with Gasteiger partial charge in [-0.05, 0) is 37.3 Å². The number of aryl methyl sites for hydroxylation is 1. The van der Waals surface area contributed by atoms with E-state index in [1.807, 2.05) is 6.07 Å². The fourth-order valence-electron chi connectivity index (χ4n) is 3.40. The second kappa shape index (κ2) is 7.43. The number of primary amides is 1. The molecule has 0 aliphatic heterocycles. The zero-order valence-electron chi connectivity index (χ0n) is 14.9. The minimum atomic E-state index is -0.701. The van der Waals surface area contributed by atoms with Gasteiger partial charge in [0.15, 0.2) is 12.3 Å². The summed E-state index contributed by atoms with van der Waals surface area (Å²) in [6, 6.07) is 7.13. The highest BCUT2D eigenvalue weighted by molar-refractivity contribution is 7.17. The first-order valence-corrected chi connectivity index (χ1v) is 9.70. The van der Waals surface area contributed by atoms with Crippen molar-refractivity contribution in [2.75, 3.05) is 11.9 Å². The Kier molecular flexibility index (Phi) is 4.82. The third-order valence-electron chi connectivity index (χ3n) is 4.67. The number of hydrogen-bond acceptors (Lipinski definition) is 6.